The number of anilines is 1. The molecule has 3 N–H and O–H groups in total. The molecule has 106 valence electrons. The highest BCUT2D eigenvalue weighted by Crippen LogP contribution is 2.32. The van der Waals surface area contributed by atoms with E-state index in [9.17, 15) is 0 Å². The minimum absolute atomic E-state index is 0.239. The van der Waals surface area contributed by atoms with Gasteiger partial charge in [-0.3, -0.25) is 0 Å². The summed E-state index contributed by atoms with van der Waals surface area (Å²) in [7, 11) is 0. The molecule has 0 aliphatic rings. The van der Waals surface area contributed by atoms with Gasteiger partial charge in [0.05, 0.1) is 16.8 Å². The van der Waals surface area contributed by atoms with Gasteiger partial charge in [-0.15, -0.1) is 11.3 Å². The molecule has 0 aliphatic heterocycles. The van der Waals surface area contributed by atoms with Crippen molar-refractivity contribution in [3.63, 3.8) is 0 Å². The summed E-state index contributed by atoms with van der Waals surface area (Å²) in [5.41, 5.74) is 7.30. The Hall–Kier alpha value is -1.10. The SMILES string of the molecule is CC(C)C(Nc1ccc(C(N)=S)cc1Cl)c1cccs1. The van der Waals surface area contributed by atoms with E-state index in [1.54, 1.807) is 17.4 Å². The lowest BCUT2D eigenvalue weighted by atomic mass is 10.0. The first kappa shape index (κ1) is 15.3. The Labute approximate surface area is 134 Å². The summed E-state index contributed by atoms with van der Waals surface area (Å²) < 4.78 is 0. The summed E-state index contributed by atoms with van der Waals surface area (Å²) in [5.74, 6) is 0.458. The smallest absolute Gasteiger partial charge is 0.104 e. The molecule has 0 amide bonds. The predicted octanol–water partition coefficient (Wildman–Crippen LogP) is 4.84. The molecule has 2 rings (SSSR count). The highest BCUT2D eigenvalue weighted by Gasteiger charge is 2.17. The Balaban J connectivity index is 2.25. The van der Waals surface area contributed by atoms with E-state index in [2.05, 4.69) is 36.7 Å². The normalized spacial score (nSPS) is 12.4. The van der Waals surface area contributed by atoms with Crippen LogP contribution in [0.5, 0.6) is 0 Å². The van der Waals surface area contributed by atoms with Crippen LogP contribution < -0.4 is 11.1 Å². The first-order valence-electron chi connectivity index (χ1n) is 6.38. The monoisotopic (exact) mass is 324 g/mol. The fourth-order valence-corrected chi connectivity index (χ4v) is 3.30. The number of hydrogen-bond donors (Lipinski definition) is 2. The van der Waals surface area contributed by atoms with Gasteiger partial charge in [0, 0.05) is 10.4 Å². The maximum Gasteiger partial charge on any atom is 0.104 e. The molecule has 0 saturated heterocycles. The van der Waals surface area contributed by atoms with Gasteiger partial charge in [-0.2, -0.15) is 0 Å². The van der Waals surface area contributed by atoms with Gasteiger partial charge in [0.2, 0.25) is 0 Å². The molecule has 20 heavy (non-hydrogen) atoms. The Morgan fingerprint density at radius 3 is 2.60 bits per heavy atom. The lowest BCUT2D eigenvalue weighted by Crippen LogP contribution is -2.16. The summed E-state index contributed by atoms with van der Waals surface area (Å²) >= 11 is 13.0. The van der Waals surface area contributed by atoms with Crippen LogP contribution in [0.25, 0.3) is 0 Å². The van der Waals surface area contributed by atoms with Gasteiger partial charge in [0.15, 0.2) is 0 Å². The number of nitrogens with one attached hydrogen (secondary N) is 1. The molecule has 1 atom stereocenters. The fraction of sp³-hybridized carbons (Fsp3) is 0.267. The summed E-state index contributed by atoms with van der Waals surface area (Å²) in [6.07, 6.45) is 0. The largest absolute Gasteiger partial charge is 0.389 e. The molecule has 1 unspecified atom stereocenters. The van der Waals surface area contributed by atoms with E-state index < -0.39 is 0 Å². The second-order valence-corrected chi connectivity index (χ2v) is 6.77. The zero-order chi connectivity index (χ0) is 14.7. The standard InChI is InChI=1S/C15H17ClN2S2/c1-9(2)14(13-4-3-7-20-13)18-12-6-5-10(15(17)19)8-11(12)16/h3-9,14,18H,1-2H3,(H2,17,19). The molecule has 5 heteroatoms. The summed E-state index contributed by atoms with van der Waals surface area (Å²) in [4.78, 5) is 1.66. The number of nitrogens with two attached hydrogens (primary N) is 1. The molecule has 0 fully saturated rings. The van der Waals surface area contributed by atoms with Crippen LogP contribution in [0.2, 0.25) is 5.02 Å². The van der Waals surface area contributed by atoms with Crippen molar-refractivity contribution in [1.29, 1.82) is 0 Å². The summed E-state index contributed by atoms with van der Waals surface area (Å²) in [5, 5.41) is 6.23. The molecule has 2 aromatic rings. The van der Waals surface area contributed by atoms with E-state index in [0.717, 1.165) is 11.3 Å². The lowest BCUT2D eigenvalue weighted by molar-refractivity contribution is 0.554. The Bertz CT molecular complexity index is 594. The number of halogens is 1. The fourth-order valence-electron chi connectivity index (χ4n) is 1.99. The maximum atomic E-state index is 6.31. The third-order valence-corrected chi connectivity index (χ3v) is 4.58. The van der Waals surface area contributed by atoms with Crippen LogP contribution in [0.1, 0.15) is 30.3 Å². The average Bonchev–Trinajstić information content (AvgIpc) is 2.90. The number of rotatable bonds is 5. The van der Waals surface area contributed by atoms with Crippen LogP contribution in [-0.2, 0) is 0 Å². The molecule has 0 saturated carbocycles. The number of hydrogen-bond acceptors (Lipinski definition) is 3. The molecule has 1 heterocycles. The van der Waals surface area contributed by atoms with Crippen LogP contribution in [-0.4, -0.2) is 4.99 Å². The minimum Gasteiger partial charge on any atom is -0.389 e. The number of benzene rings is 1. The lowest BCUT2D eigenvalue weighted by Gasteiger charge is -2.23. The van der Waals surface area contributed by atoms with E-state index in [1.165, 1.54) is 4.88 Å². The predicted molar refractivity (Wildman–Crippen MR) is 92.9 cm³/mol. The van der Waals surface area contributed by atoms with E-state index >= 15 is 0 Å². The molecule has 0 aliphatic carbocycles. The topological polar surface area (TPSA) is 38.0 Å². The maximum absolute atomic E-state index is 6.31. The molecule has 0 radical (unpaired) electrons. The van der Waals surface area contributed by atoms with Crippen molar-refractivity contribution in [3.05, 3.63) is 51.2 Å². The first-order chi connectivity index (χ1) is 9.49. The van der Waals surface area contributed by atoms with Crippen molar-refractivity contribution in [2.24, 2.45) is 11.7 Å². The van der Waals surface area contributed by atoms with Gasteiger partial charge in [0.25, 0.3) is 0 Å². The zero-order valence-corrected chi connectivity index (χ0v) is 13.8. The minimum atomic E-state index is 0.239. The Morgan fingerprint density at radius 1 is 1.35 bits per heavy atom. The van der Waals surface area contributed by atoms with Crippen molar-refractivity contribution >= 4 is 45.8 Å². The van der Waals surface area contributed by atoms with Crippen LogP contribution >= 0.6 is 35.2 Å². The van der Waals surface area contributed by atoms with Crippen LogP contribution in [0.4, 0.5) is 5.69 Å². The second kappa shape index (κ2) is 6.57. The molecular formula is C15H17ClN2S2. The highest BCUT2D eigenvalue weighted by atomic mass is 35.5. The zero-order valence-electron chi connectivity index (χ0n) is 11.4. The van der Waals surface area contributed by atoms with Crippen molar-refractivity contribution < 1.29 is 0 Å². The average molecular weight is 325 g/mol. The quantitative estimate of drug-likeness (QED) is 0.772. The van der Waals surface area contributed by atoms with E-state index in [-0.39, 0.29) is 6.04 Å². The third kappa shape index (κ3) is 3.51. The third-order valence-electron chi connectivity index (χ3n) is 3.08. The molecular weight excluding hydrogens is 308 g/mol. The van der Waals surface area contributed by atoms with Crippen molar-refractivity contribution in [2.75, 3.05) is 5.32 Å². The molecule has 1 aromatic heterocycles. The summed E-state index contributed by atoms with van der Waals surface area (Å²) in [6, 6.07) is 10.1. The Kier molecular flexibility index (Phi) is 5.02. The Morgan fingerprint density at radius 2 is 2.10 bits per heavy atom. The van der Waals surface area contributed by atoms with Gasteiger partial charge in [-0.05, 0) is 35.6 Å². The van der Waals surface area contributed by atoms with E-state index in [4.69, 9.17) is 29.6 Å². The molecule has 0 bridgehead atoms. The first-order valence-corrected chi connectivity index (χ1v) is 8.05. The molecule has 1 aromatic carbocycles. The van der Waals surface area contributed by atoms with Gasteiger partial charge in [0.1, 0.15) is 4.99 Å². The van der Waals surface area contributed by atoms with Crippen molar-refractivity contribution in [3.8, 4) is 0 Å². The van der Waals surface area contributed by atoms with Gasteiger partial charge in [-0.1, -0.05) is 43.7 Å². The van der Waals surface area contributed by atoms with Gasteiger partial charge >= 0.3 is 0 Å². The van der Waals surface area contributed by atoms with Gasteiger partial charge < -0.3 is 11.1 Å². The van der Waals surface area contributed by atoms with Crippen LogP contribution in [0, 0.1) is 5.92 Å². The van der Waals surface area contributed by atoms with Gasteiger partial charge in [-0.25, -0.2) is 0 Å². The highest BCUT2D eigenvalue weighted by molar-refractivity contribution is 7.80. The van der Waals surface area contributed by atoms with E-state index in [0.29, 0.717) is 15.9 Å². The molecule has 0 spiro atoms. The van der Waals surface area contributed by atoms with E-state index in [1.807, 2.05) is 12.1 Å². The van der Waals surface area contributed by atoms with Crippen molar-refractivity contribution in [1.82, 2.24) is 0 Å². The van der Waals surface area contributed by atoms with Crippen LogP contribution in [0.3, 0.4) is 0 Å². The number of thiocarbonyl (C=S) groups is 1. The molecule has 2 nitrogen and oxygen atoms in total. The summed E-state index contributed by atoms with van der Waals surface area (Å²) in [6.45, 7) is 4.38. The number of thiophene rings is 1. The van der Waals surface area contributed by atoms with Crippen LogP contribution in [0.15, 0.2) is 35.7 Å². The van der Waals surface area contributed by atoms with Crippen molar-refractivity contribution in [2.45, 2.75) is 19.9 Å². The second-order valence-electron chi connectivity index (χ2n) is 4.94.